The van der Waals surface area contributed by atoms with Gasteiger partial charge < -0.3 is 11.1 Å². The molecule has 0 radical (unpaired) electrons. The van der Waals surface area contributed by atoms with Crippen molar-refractivity contribution in [3.63, 3.8) is 0 Å². The fourth-order valence-corrected chi connectivity index (χ4v) is 3.74. The van der Waals surface area contributed by atoms with Gasteiger partial charge in [0.15, 0.2) is 0 Å². The van der Waals surface area contributed by atoms with Crippen molar-refractivity contribution in [3.8, 4) is 0 Å². The summed E-state index contributed by atoms with van der Waals surface area (Å²) in [6.45, 7) is 0.665. The highest BCUT2D eigenvalue weighted by atomic mass is 35.5. The Hall–Kier alpha value is -1.38. The number of hydrogen-bond acceptors (Lipinski definition) is 4. The highest BCUT2D eigenvalue weighted by Gasteiger charge is 2.30. The third-order valence-electron chi connectivity index (χ3n) is 3.21. The molecule has 1 fully saturated rings. The SMILES string of the molecule is Cl.NCCCC(=O)Nc1ccc(F)c(N2CCCS2(=O)=O)c1. The number of anilines is 2. The van der Waals surface area contributed by atoms with Gasteiger partial charge in [0.1, 0.15) is 5.82 Å². The summed E-state index contributed by atoms with van der Waals surface area (Å²) in [7, 11) is -3.46. The van der Waals surface area contributed by atoms with Gasteiger partial charge in [-0.05, 0) is 37.6 Å². The van der Waals surface area contributed by atoms with E-state index in [0.717, 1.165) is 10.4 Å². The van der Waals surface area contributed by atoms with Crippen molar-refractivity contribution in [1.29, 1.82) is 0 Å². The van der Waals surface area contributed by atoms with Crippen molar-refractivity contribution in [2.24, 2.45) is 5.73 Å². The van der Waals surface area contributed by atoms with Gasteiger partial charge in [0.25, 0.3) is 0 Å². The largest absolute Gasteiger partial charge is 0.330 e. The minimum absolute atomic E-state index is 0. The molecule has 1 aromatic carbocycles. The number of rotatable bonds is 5. The summed E-state index contributed by atoms with van der Waals surface area (Å²) in [5.74, 6) is -0.845. The van der Waals surface area contributed by atoms with E-state index in [2.05, 4.69) is 5.32 Å². The average Bonchev–Trinajstić information content (AvgIpc) is 2.78. The first-order valence-electron chi connectivity index (χ1n) is 6.74. The maximum atomic E-state index is 13.9. The van der Waals surface area contributed by atoms with Crippen LogP contribution in [-0.2, 0) is 14.8 Å². The van der Waals surface area contributed by atoms with Crippen LogP contribution in [0.25, 0.3) is 0 Å². The van der Waals surface area contributed by atoms with Crippen LogP contribution in [0.1, 0.15) is 19.3 Å². The third-order valence-corrected chi connectivity index (χ3v) is 5.06. The summed E-state index contributed by atoms with van der Waals surface area (Å²) in [5.41, 5.74) is 5.67. The van der Waals surface area contributed by atoms with Crippen molar-refractivity contribution in [3.05, 3.63) is 24.0 Å². The number of sulfonamides is 1. The van der Waals surface area contributed by atoms with Crippen molar-refractivity contribution in [2.75, 3.05) is 28.5 Å². The zero-order valence-electron chi connectivity index (χ0n) is 11.9. The first-order chi connectivity index (χ1) is 9.94. The van der Waals surface area contributed by atoms with Crippen molar-refractivity contribution < 1.29 is 17.6 Å². The maximum absolute atomic E-state index is 13.9. The summed E-state index contributed by atoms with van der Waals surface area (Å²) in [6, 6.07) is 3.90. The van der Waals surface area contributed by atoms with Crippen molar-refractivity contribution >= 4 is 39.7 Å². The molecule has 0 aliphatic carbocycles. The lowest BCUT2D eigenvalue weighted by Crippen LogP contribution is -2.26. The first-order valence-corrected chi connectivity index (χ1v) is 8.35. The molecule has 1 aliphatic heterocycles. The van der Waals surface area contributed by atoms with E-state index in [-0.39, 0.29) is 42.7 Å². The number of nitrogens with two attached hydrogens (primary N) is 1. The summed E-state index contributed by atoms with van der Waals surface area (Å²) < 4.78 is 38.6. The molecule has 0 aromatic heterocycles. The Morgan fingerprint density at radius 3 is 2.73 bits per heavy atom. The normalized spacial score (nSPS) is 16.2. The number of carbonyl (C=O) groups excluding carboxylic acids is 1. The molecule has 22 heavy (non-hydrogen) atoms. The molecule has 0 spiro atoms. The topological polar surface area (TPSA) is 92.5 Å². The van der Waals surface area contributed by atoms with E-state index in [0.29, 0.717) is 25.1 Å². The highest BCUT2D eigenvalue weighted by molar-refractivity contribution is 7.93. The first kappa shape index (κ1) is 18.7. The number of nitrogens with one attached hydrogen (secondary N) is 1. The van der Waals surface area contributed by atoms with Gasteiger partial charge in [0.05, 0.1) is 11.4 Å². The molecule has 1 aromatic rings. The van der Waals surface area contributed by atoms with Crippen LogP contribution in [-0.4, -0.2) is 33.2 Å². The van der Waals surface area contributed by atoms with Gasteiger partial charge in [0, 0.05) is 18.7 Å². The zero-order valence-corrected chi connectivity index (χ0v) is 13.6. The van der Waals surface area contributed by atoms with Crippen molar-refractivity contribution in [2.45, 2.75) is 19.3 Å². The van der Waals surface area contributed by atoms with Gasteiger partial charge in [0.2, 0.25) is 15.9 Å². The van der Waals surface area contributed by atoms with Crippen LogP contribution in [0.2, 0.25) is 0 Å². The molecular weight excluding hydrogens is 333 g/mol. The number of carbonyl (C=O) groups is 1. The minimum Gasteiger partial charge on any atom is -0.330 e. The Kier molecular flexibility index (Phi) is 6.58. The van der Waals surface area contributed by atoms with Crippen LogP contribution in [0, 0.1) is 5.82 Å². The molecule has 0 bridgehead atoms. The number of halogens is 2. The molecule has 1 saturated heterocycles. The Balaban J connectivity index is 0.00000242. The van der Waals surface area contributed by atoms with Gasteiger partial charge in [-0.1, -0.05) is 0 Å². The monoisotopic (exact) mass is 351 g/mol. The van der Waals surface area contributed by atoms with E-state index in [1.54, 1.807) is 0 Å². The second-order valence-corrected chi connectivity index (χ2v) is 6.86. The van der Waals surface area contributed by atoms with Crippen LogP contribution in [0.5, 0.6) is 0 Å². The Morgan fingerprint density at radius 2 is 2.14 bits per heavy atom. The van der Waals surface area contributed by atoms with Crippen LogP contribution < -0.4 is 15.4 Å². The predicted octanol–water partition coefficient (Wildman–Crippen LogP) is 1.46. The smallest absolute Gasteiger partial charge is 0.235 e. The lowest BCUT2D eigenvalue weighted by Gasteiger charge is -2.18. The molecule has 9 heteroatoms. The Morgan fingerprint density at radius 1 is 1.41 bits per heavy atom. The van der Waals surface area contributed by atoms with E-state index < -0.39 is 15.8 Å². The Bertz CT molecular complexity index is 639. The van der Waals surface area contributed by atoms with E-state index >= 15 is 0 Å². The fourth-order valence-electron chi connectivity index (χ4n) is 2.18. The summed E-state index contributed by atoms with van der Waals surface area (Å²) in [6.07, 6.45) is 1.29. The third kappa shape index (κ3) is 4.31. The molecule has 6 nitrogen and oxygen atoms in total. The fraction of sp³-hybridized carbons (Fsp3) is 0.462. The van der Waals surface area contributed by atoms with Crippen LogP contribution >= 0.6 is 12.4 Å². The molecule has 0 atom stereocenters. The van der Waals surface area contributed by atoms with E-state index in [4.69, 9.17) is 5.73 Å². The lowest BCUT2D eigenvalue weighted by atomic mass is 10.2. The van der Waals surface area contributed by atoms with Gasteiger partial charge >= 0.3 is 0 Å². The van der Waals surface area contributed by atoms with Crippen LogP contribution in [0.4, 0.5) is 15.8 Å². The van der Waals surface area contributed by atoms with E-state index in [1.165, 1.54) is 12.1 Å². The number of nitrogens with zero attached hydrogens (tertiary/aromatic N) is 1. The number of benzene rings is 1. The minimum atomic E-state index is -3.46. The van der Waals surface area contributed by atoms with Crippen molar-refractivity contribution in [1.82, 2.24) is 0 Å². The summed E-state index contributed by atoms with van der Waals surface area (Å²) >= 11 is 0. The maximum Gasteiger partial charge on any atom is 0.235 e. The van der Waals surface area contributed by atoms with Gasteiger partial charge in [-0.3, -0.25) is 9.10 Å². The molecule has 1 amide bonds. The second-order valence-electron chi connectivity index (χ2n) is 4.85. The van der Waals surface area contributed by atoms with Crippen LogP contribution in [0.15, 0.2) is 18.2 Å². The Labute approximate surface area is 135 Å². The zero-order chi connectivity index (χ0) is 15.5. The summed E-state index contributed by atoms with van der Waals surface area (Å²) in [5, 5.41) is 2.61. The second kappa shape index (κ2) is 7.75. The molecule has 1 heterocycles. The molecule has 1 aliphatic rings. The molecule has 2 rings (SSSR count). The van der Waals surface area contributed by atoms with Gasteiger partial charge in [-0.2, -0.15) is 0 Å². The lowest BCUT2D eigenvalue weighted by molar-refractivity contribution is -0.116. The standard InChI is InChI=1S/C13H18FN3O3S.ClH/c14-11-5-4-10(16-13(18)3-1-6-15)9-12(11)17-7-2-8-21(17,19)20;/h4-5,9H,1-3,6-8,15H2,(H,16,18);1H. The highest BCUT2D eigenvalue weighted by Crippen LogP contribution is 2.29. The molecular formula is C13H19ClFN3O3S. The van der Waals surface area contributed by atoms with E-state index in [9.17, 15) is 17.6 Å². The molecule has 0 unspecified atom stereocenters. The van der Waals surface area contributed by atoms with Gasteiger partial charge in [-0.15, -0.1) is 12.4 Å². The molecule has 3 N–H and O–H groups in total. The average molecular weight is 352 g/mol. The number of hydrogen-bond donors (Lipinski definition) is 2. The number of amides is 1. The molecule has 124 valence electrons. The van der Waals surface area contributed by atoms with E-state index in [1.807, 2.05) is 0 Å². The predicted molar refractivity (Wildman–Crippen MR) is 86.3 cm³/mol. The van der Waals surface area contributed by atoms with Crippen LogP contribution in [0.3, 0.4) is 0 Å². The molecule has 0 saturated carbocycles. The quantitative estimate of drug-likeness (QED) is 0.840. The van der Waals surface area contributed by atoms with Gasteiger partial charge in [-0.25, -0.2) is 12.8 Å². The summed E-state index contributed by atoms with van der Waals surface area (Å²) in [4.78, 5) is 11.6.